The van der Waals surface area contributed by atoms with E-state index in [-0.39, 0.29) is 23.3 Å². The summed E-state index contributed by atoms with van der Waals surface area (Å²) in [5.41, 5.74) is 1.06. The molecule has 25 heavy (non-hydrogen) atoms. The van der Waals surface area contributed by atoms with Crippen molar-refractivity contribution in [3.63, 3.8) is 0 Å². The van der Waals surface area contributed by atoms with Crippen LogP contribution in [0.15, 0.2) is 30.3 Å². The second kappa shape index (κ2) is 6.47. The fourth-order valence-electron chi connectivity index (χ4n) is 5.13. The number of likely N-dealkylation sites (tertiary alicyclic amines) is 2. The van der Waals surface area contributed by atoms with Gasteiger partial charge in [-0.1, -0.05) is 43.2 Å². The van der Waals surface area contributed by atoms with Gasteiger partial charge in [-0.3, -0.25) is 9.59 Å². The first-order valence-electron chi connectivity index (χ1n) is 9.72. The maximum atomic E-state index is 12.8. The van der Waals surface area contributed by atoms with Gasteiger partial charge in [-0.2, -0.15) is 0 Å². The number of hydrogen-bond donors (Lipinski definition) is 0. The van der Waals surface area contributed by atoms with Gasteiger partial charge in [0.05, 0.1) is 5.92 Å². The highest BCUT2D eigenvalue weighted by atomic mass is 16.2. The molecule has 0 radical (unpaired) electrons. The third-order valence-corrected chi connectivity index (χ3v) is 6.84. The van der Waals surface area contributed by atoms with Crippen molar-refractivity contribution >= 4 is 11.8 Å². The average molecular weight is 340 g/mol. The topological polar surface area (TPSA) is 40.6 Å². The van der Waals surface area contributed by atoms with Gasteiger partial charge in [0.25, 0.3) is 0 Å². The van der Waals surface area contributed by atoms with Crippen LogP contribution in [0, 0.1) is 5.92 Å². The first kappa shape index (κ1) is 16.6. The number of likely N-dealkylation sites (N-methyl/N-ethyl adjacent to an activating group) is 1. The van der Waals surface area contributed by atoms with Gasteiger partial charge in [0.2, 0.25) is 11.8 Å². The van der Waals surface area contributed by atoms with Crippen LogP contribution in [-0.2, 0) is 9.59 Å². The number of benzene rings is 1. The summed E-state index contributed by atoms with van der Waals surface area (Å²) in [4.78, 5) is 29.6. The summed E-state index contributed by atoms with van der Waals surface area (Å²) < 4.78 is 0. The second-order valence-corrected chi connectivity index (χ2v) is 8.10. The van der Waals surface area contributed by atoms with Crippen LogP contribution in [0.4, 0.5) is 0 Å². The molecule has 4 rings (SSSR count). The van der Waals surface area contributed by atoms with Crippen molar-refractivity contribution in [2.45, 2.75) is 56.4 Å². The number of rotatable bonds is 2. The molecule has 1 saturated carbocycles. The van der Waals surface area contributed by atoms with Gasteiger partial charge in [-0.15, -0.1) is 0 Å². The number of hydrogen-bond acceptors (Lipinski definition) is 2. The lowest BCUT2D eigenvalue weighted by molar-refractivity contribution is -0.139. The van der Waals surface area contributed by atoms with Gasteiger partial charge < -0.3 is 9.80 Å². The van der Waals surface area contributed by atoms with E-state index in [9.17, 15) is 9.59 Å². The smallest absolute Gasteiger partial charge is 0.230 e. The third-order valence-electron chi connectivity index (χ3n) is 6.84. The number of amides is 2. The molecule has 2 amide bonds. The van der Waals surface area contributed by atoms with Gasteiger partial charge in [-0.05, 0) is 37.7 Å². The highest BCUT2D eigenvalue weighted by Crippen LogP contribution is 2.45. The van der Waals surface area contributed by atoms with Crippen molar-refractivity contribution in [2.75, 3.05) is 20.1 Å². The third kappa shape index (κ3) is 2.86. The Balaban J connectivity index is 1.45. The lowest BCUT2D eigenvalue weighted by Gasteiger charge is -2.44. The van der Waals surface area contributed by atoms with E-state index in [4.69, 9.17) is 0 Å². The second-order valence-electron chi connectivity index (χ2n) is 8.10. The van der Waals surface area contributed by atoms with Crippen LogP contribution in [0.2, 0.25) is 0 Å². The van der Waals surface area contributed by atoms with Crippen LogP contribution in [0.1, 0.15) is 56.4 Å². The van der Waals surface area contributed by atoms with Crippen molar-refractivity contribution in [3.05, 3.63) is 35.9 Å². The molecule has 1 aromatic rings. The van der Waals surface area contributed by atoms with E-state index in [2.05, 4.69) is 17.0 Å². The van der Waals surface area contributed by atoms with E-state index < -0.39 is 0 Å². The van der Waals surface area contributed by atoms with Gasteiger partial charge in [-0.25, -0.2) is 0 Å². The van der Waals surface area contributed by atoms with E-state index in [1.807, 2.05) is 30.1 Å². The molecular weight excluding hydrogens is 312 g/mol. The minimum atomic E-state index is -0.0654. The molecule has 4 heteroatoms. The molecule has 1 spiro atoms. The molecule has 2 aliphatic heterocycles. The molecule has 3 aliphatic rings. The molecule has 0 aromatic heterocycles. The minimum Gasteiger partial charge on any atom is -0.342 e. The van der Waals surface area contributed by atoms with Crippen molar-refractivity contribution in [3.8, 4) is 0 Å². The van der Waals surface area contributed by atoms with Crippen molar-refractivity contribution in [1.29, 1.82) is 0 Å². The van der Waals surface area contributed by atoms with Crippen LogP contribution < -0.4 is 0 Å². The summed E-state index contributed by atoms with van der Waals surface area (Å²) in [6.07, 6.45) is 7.24. The Labute approximate surface area is 150 Å². The van der Waals surface area contributed by atoms with Crippen LogP contribution >= 0.6 is 0 Å². The highest BCUT2D eigenvalue weighted by molar-refractivity contribution is 5.87. The van der Waals surface area contributed by atoms with Gasteiger partial charge in [0.15, 0.2) is 0 Å². The van der Waals surface area contributed by atoms with Crippen LogP contribution in [-0.4, -0.2) is 47.3 Å². The summed E-state index contributed by atoms with van der Waals surface area (Å²) in [6.45, 7) is 1.60. The van der Waals surface area contributed by atoms with E-state index in [0.717, 1.165) is 50.8 Å². The number of carbonyl (C=O) groups is 2. The Morgan fingerprint density at radius 2 is 1.72 bits per heavy atom. The van der Waals surface area contributed by atoms with E-state index in [1.165, 1.54) is 12.8 Å². The van der Waals surface area contributed by atoms with Crippen LogP contribution in [0.25, 0.3) is 0 Å². The predicted octanol–water partition coefficient (Wildman–Crippen LogP) is 3.18. The normalized spacial score (nSPS) is 26.6. The summed E-state index contributed by atoms with van der Waals surface area (Å²) in [6, 6.07) is 10.1. The van der Waals surface area contributed by atoms with Gasteiger partial charge in [0, 0.05) is 31.6 Å². The number of piperidine rings is 1. The fourth-order valence-corrected chi connectivity index (χ4v) is 5.13. The van der Waals surface area contributed by atoms with Crippen LogP contribution in [0.5, 0.6) is 0 Å². The maximum Gasteiger partial charge on any atom is 0.230 e. The first-order chi connectivity index (χ1) is 12.1. The maximum absolute atomic E-state index is 12.8. The molecule has 3 fully saturated rings. The first-order valence-corrected chi connectivity index (χ1v) is 9.72. The summed E-state index contributed by atoms with van der Waals surface area (Å²) in [7, 11) is 1.96. The van der Waals surface area contributed by atoms with E-state index in [0.29, 0.717) is 5.91 Å². The molecule has 1 aliphatic carbocycles. The van der Waals surface area contributed by atoms with Crippen molar-refractivity contribution in [1.82, 2.24) is 9.80 Å². The molecule has 4 nitrogen and oxygen atoms in total. The van der Waals surface area contributed by atoms with Gasteiger partial charge in [0.1, 0.15) is 0 Å². The summed E-state index contributed by atoms with van der Waals surface area (Å²) in [5.74, 6) is 0.832. The molecule has 1 aromatic carbocycles. The number of carbonyl (C=O) groups excluding carboxylic acids is 2. The Kier molecular flexibility index (Phi) is 4.30. The summed E-state index contributed by atoms with van der Waals surface area (Å²) >= 11 is 0. The zero-order valence-corrected chi connectivity index (χ0v) is 15.1. The monoisotopic (exact) mass is 340 g/mol. The standard InChI is InChI=1S/C21H28N2O2/c1-22-20(25)18(16-7-3-2-4-8-16)15-21(22)11-13-23(14-12-21)19(24)17-9-5-6-10-17/h2-4,7-8,17-18H,5-6,9-15H2,1H3/t18-/m1/s1. The Morgan fingerprint density at radius 1 is 1.08 bits per heavy atom. The molecule has 2 heterocycles. The summed E-state index contributed by atoms with van der Waals surface area (Å²) in [5, 5.41) is 0. The predicted molar refractivity (Wildman–Crippen MR) is 97.1 cm³/mol. The zero-order chi connectivity index (χ0) is 17.4. The molecule has 0 bridgehead atoms. The molecule has 1 atom stereocenters. The lowest BCUT2D eigenvalue weighted by atomic mass is 9.81. The van der Waals surface area contributed by atoms with Crippen molar-refractivity contribution < 1.29 is 9.59 Å². The average Bonchev–Trinajstić information content (AvgIpc) is 3.27. The quantitative estimate of drug-likeness (QED) is 0.830. The molecule has 134 valence electrons. The Bertz CT molecular complexity index is 643. The fraction of sp³-hybridized carbons (Fsp3) is 0.619. The lowest BCUT2D eigenvalue weighted by Crippen LogP contribution is -2.53. The van der Waals surface area contributed by atoms with Gasteiger partial charge >= 0.3 is 0 Å². The Hall–Kier alpha value is -1.84. The SMILES string of the molecule is CN1C(=O)[C@@H](c2ccccc2)CC12CCN(C(=O)C1CCCC1)CC2. The van der Waals surface area contributed by atoms with Crippen LogP contribution in [0.3, 0.4) is 0 Å². The van der Waals surface area contributed by atoms with E-state index >= 15 is 0 Å². The Morgan fingerprint density at radius 3 is 2.36 bits per heavy atom. The largest absolute Gasteiger partial charge is 0.342 e. The molecule has 0 N–H and O–H groups in total. The zero-order valence-electron chi connectivity index (χ0n) is 15.1. The molecular formula is C21H28N2O2. The molecule has 0 unspecified atom stereocenters. The highest BCUT2D eigenvalue weighted by Gasteiger charge is 2.51. The van der Waals surface area contributed by atoms with E-state index in [1.54, 1.807) is 0 Å². The number of nitrogens with zero attached hydrogens (tertiary/aromatic N) is 2. The van der Waals surface area contributed by atoms with Crippen molar-refractivity contribution in [2.24, 2.45) is 5.92 Å². The molecule has 2 saturated heterocycles. The minimum absolute atomic E-state index is 0.0247.